The van der Waals surface area contributed by atoms with Crippen LogP contribution in [0.25, 0.3) is 0 Å². The lowest BCUT2D eigenvalue weighted by atomic mass is 10.0. The maximum absolute atomic E-state index is 12.6. The van der Waals surface area contributed by atoms with Crippen LogP contribution in [0.4, 0.5) is 0 Å². The number of amides is 2. The second kappa shape index (κ2) is 6.56. The first-order chi connectivity index (χ1) is 10.5. The molecule has 2 amide bonds. The van der Waals surface area contributed by atoms with Gasteiger partial charge >= 0.3 is 5.97 Å². The van der Waals surface area contributed by atoms with E-state index in [0.717, 1.165) is 4.90 Å². The summed E-state index contributed by atoms with van der Waals surface area (Å²) in [4.78, 5) is 37.9. The van der Waals surface area contributed by atoms with Gasteiger partial charge in [-0.1, -0.05) is 32.0 Å². The molecule has 0 bridgehead atoms. The zero-order valence-electron chi connectivity index (χ0n) is 12.9. The van der Waals surface area contributed by atoms with Gasteiger partial charge in [0.25, 0.3) is 11.8 Å². The molecule has 0 aliphatic carbocycles. The van der Waals surface area contributed by atoms with Crippen molar-refractivity contribution in [2.24, 2.45) is 5.92 Å². The molecule has 116 valence electrons. The summed E-state index contributed by atoms with van der Waals surface area (Å²) in [6.07, 6.45) is 2.14. The van der Waals surface area contributed by atoms with E-state index in [1.165, 1.54) is 13.2 Å². The van der Waals surface area contributed by atoms with Crippen molar-refractivity contribution >= 4 is 17.8 Å². The van der Waals surface area contributed by atoms with Gasteiger partial charge in [-0.2, -0.15) is 0 Å². The molecule has 1 aliphatic heterocycles. The Morgan fingerprint density at radius 3 is 2.41 bits per heavy atom. The van der Waals surface area contributed by atoms with Crippen LogP contribution in [0.5, 0.6) is 0 Å². The van der Waals surface area contributed by atoms with Crippen LogP contribution in [0.3, 0.4) is 0 Å². The quantitative estimate of drug-likeness (QED) is 0.486. The van der Waals surface area contributed by atoms with E-state index in [0.29, 0.717) is 12.0 Å². The number of nitrogens with zero attached hydrogens (tertiary/aromatic N) is 1. The van der Waals surface area contributed by atoms with Gasteiger partial charge in [0.1, 0.15) is 5.57 Å². The Bertz CT molecular complexity index is 619. The first-order valence-corrected chi connectivity index (χ1v) is 7.18. The number of benzene rings is 1. The standard InChI is InChI=1S/C17H19NO4/c1-11(2)9-13-10-14(17(21)22-3)16(20)18(13)15(19)12-7-5-4-6-8-12/h4-8,10-11,13H,9H2,1-3H3/t13-/m0/s1. The number of hydrogen-bond acceptors (Lipinski definition) is 4. The van der Waals surface area contributed by atoms with E-state index < -0.39 is 23.8 Å². The van der Waals surface area contributed by atoms with Gasteiger partial charge in [0.05, 0.1) is 13.2 Å². The van der Waals surface area contributed by atoms with Gasteiger partial charge in [0, 0.05) is 5.56 Å². The van der Waals surface area contributed by atoms with Crippen molar-refractivity contribution in [3.05, 3.63) is 47.5 Å². The molecule has 2 rings (SSSR count). The Balaban J connectivity index is 2.34. The highest BCUT2D eigenvalue weighted by molar-refractivity contribution is 6.23. The molecule has 1 aliphatic rings. The number of imide groups is 1. The third-order valence-electron chi connectivity index (χ3n) is 3.50. The van der Waals surface area contributed by atoms with Crippen LogP contribution < -0.4 is 0 Å². The number of esters is 1. The average Bonchev–Trinajstić information content (AvgIpc) is 2.82. The zero-order chi connectivity index (χ0) is 16.3. The molecule has 0 N–H and O–H groups in total. The average molecular weight is 301 g/mol. The molecule has 0 aromatic heterocycles. The number of methoxy groups -OCH3 is 1. The van der Waals surface area contributed by atoms with Crippen LogP contribution in [0, 0.1) is 5.92 Å². The number of carbonyl (C=O) groups excluding carboxylic acids is 3. The molecule has 0 spiro atoms. The third kappa shape index (κ3) is 3.08. The number of ether oxygens (including phenoxy) is 1. The van der Waals surface area contributed by atoms with Crippen molar-refractivity contribution < 1.29 is 19.1 Å². The Hall–Kier alpha value is -2.43. The van der Waals surface area contributed by atoms with E-state index in [1.54, 1.807) is 30.3 Å². The predicted molar refractivity (Wildman–Crippen MR) is 81.0 cm³/mol. The summed E-state index contributed by atoms with van der Waals surface area (Å²) in [7, 11) is 1.22. The molecule has 0 unspecified atom stereocenters. The molecule has 5 heteroatoms. The minimum atomic E-state index is -0.706. The van der Waals surface area contributed by atoms with Gasteiger partial charge in [-0.3, -0.25) is 14.5 Å². The molecule has 0 saturated carbocycles. The Morgan fingerprint density at radius 2 is 1.86 bits per heavy atom. The van der Waals surface area contributed by atoms with E-state index in [4.69, 9.17) is 0 Å². The van der Waals surface area contributed by atoms with Gasteiger partial charge < -0.3 is 4.74 Å². The highest BCUT2D eigenvalue weighted by atomic mass is 16.5. The fourth-order valence-electron chi connectivity index (χ4n) is 2.50. The van der Waals surface area contributed by atoms with Crippen LogP contribution in [-0.4, -0.2) is 35.8 Å². The lowest BCUT2D eigenvalue weighted by Crippen LogP contribution is -2.41. The van der Waals surface area contributed by atoms with Crippen molar-refractivity contribution in [3.63, 3.8) is 0 Å². The van der Waals surface area contributed by atoms with E-state index in [2.05, 4.69) is 4.74 Å². The van der Waals surface area contributed by atoms with E-state index in [-0.39, 0.29) is 11.5 Å². The van der Waals surface area contributed by atoms with Gasteiger partial charge in [0.15, 0.2) is 0 Å². The largest absolute Gasteiger partial charge is 0.465 e. The number of carbonyl (C=O) groups is 3. The van der Waals surface area contributed by atoms with Crippen molar-refractivity contribution in [2.75, 3.05) is 7.11 Å². The van der Waals surface area contributed by atoms with Crippen LogP contribution in [-0.2, 0) is 14.3 Å². The summed E-state index contributed by atoms with van der Waals surface area (Å²) in [6, 6.07) is 8.15. The summed E-state index contributed by atoms with van der Waals surface area (Å²) in [5.41, 5.74) is 0.349. The minimum Gasteiger partial charge on any atom is -0.465 e. The summed E-state index contributed by atoms with van der Waals surface area (Å²) in [6.45, 7) is 4.00. The zero-order valence-corrected chi connectivity index (χ0v) is 12.9. The molecular weight excluding hydrogens is 282 g/mol. The Kier molecular flexibility index (Phi) is 4.75. The molecular formula is C17H19NO4. The topological polar surface area (TPSA) is 63.7 Å². The molecule has 1 aromatic carbocycles. The van der Waals surface area contributed by atoms with Gasteiger partial charge in [-0.15, -0.1) is 0 Å². The lowest BCUT2D eigenvalue weighted by Gasteiger charge is -2.24. The van der Waals surface area contributed by atoms with E-state index >= 15 is 0 Å². The van der Waals surface area contributed by atoms with Gasteiger partial charge in [-0.05, 0) is 30.5 Å². The first-order valence-electron chi connectivity index (χ1n) is 7.18. The van der Waals surface area contributed by atoms with E-state index in [1.807, 2.05) is 13.8 Å². The monoisotopic (exact) mass is 301 g/mol. The molecule has 0 radical (unpaired) electrons. The fourth-order valence-corrected chi connectivity index (χ4v) is 2.50. The molecule has 5 nitrogen and oxygen atoms in total. The number of rotatable bonds is 4. The van der Waals surface area contributed by atoms with Gasteiger partial charge in [0.2, 0.25) is 0 Å². The molecule has 1 aromatic rings. The summed E-state index contributed by atoms with van der Waals surface area (Å²) in [5.74, 6) is -1.42. The predicted octanol–water partition coefficient (Wildman–Crippen LogP) is 2.18. The maximum Gasteiger partial charge on any atom is 0.343 e. The van der Waals surface area contributed by atoms with E-state index in [9.17, 15) is 14.4 Å². The number of hydrogen-bond donors (Lipinski definition) is 0. The summed E-state index contributed by atoms with van der Waals surface area (Å²) in [5, 5.41) is 0. The summed E-state index contributed by atoms with van der Waals surface area (Å²) >= 11 is 0. The van der Waals surface area contributed by atoms with Crippen LogP contribution in [0.2, 0.25) is 0 Å². The Labute approximate surface area is 129 Å². The first kappa shape index (κ1) is 15.9. The normalized spacial score (nSPS) is 17.6. The molecule has 1 heterocycles. The van der Waals surface area contributed by atoms with Crippen molar-refractivity contribution in [1.29, 1.82) is 0 Å². The Morgan fingerprint density at radius 1 is 1.23 bits per heavy atom. The highest BCUT2D eigenvalue weighted by Crippen LogP contribution is 2.26. The molecule has 1 atom stereocenters. The molecule has 0 fully saturated rings. The third-order valence-corrected chi connectivity index (χ3v) is 3.50. The second-order valence-electron chi connectivity index (χ2n) is 5.62. The van der Waals surface area contributed by atoms with Crippen molar-refractivity contribution in [1.82, 2.24) is 4.90 Å². The molecule has 22 heavy (non-hydrogen) atoms. The SMILES string of the molecule is COC(=O)C1=C[C@H](CC(C)C)N(C(=O)c2ccccc2)C1=O. The second-order valence-corrected chi connectivity index (χ2v) is 5.62. The lowest BCUT2D eigenvalue weighted by molar-refractivity contribution is -0.138. The van der Waals surface area contributed by atoms with Crippen LogP contribution in [0.15, 0.2) is 42.0 Å². The smallest absolute Gasteiger partial charge is 0.343 e. The van der Waals surface area contributed by atoms with Crippen LogP contribution in [0.1, 0.15) is 30.6 Å². The minimum absolute atomic E-state index is 0.0718. The maximum atomic E-state index is 12.6. The van der Waals surface area contributed by atoms with Crippen molar-refractivity contribution in [2.45, 2.75) is 26.3 Å². The highest BCUT2D eigenvalue weighted by Gasteiger charge is 2.40. The molecule has 0 saturated heterocycles. The van der Waals surface area contributed by atoms with Crippen LogP contribution >= 0.6 is 0 Å². The fraction of sp³-hybridized carbons (Fsp3) is 0.353. The van der Waals surface area contributed by atoms with Crippen molar-refractivity contribution in [3.8, 4) is 0 Å². The summed E-state index contributed by atoms with van der Waals surface area (Å²) < 4.78 is 4.63. The van der Waals surface area contributed by atoms with Gasteiger partial charge in [-0.25, -0.2) is 4.79 Å².